The summed E-state index contributed by atoms with van der Waals surface area (Å²) in [6.45, 7) is 7.67. The Labute approximate surface area is 62.2 Å². The molecule has 0 aromatic carbocycles. The van der Waals surface area contributed by atoms with Gasteiger partial charge in [0, 0.05) is 0 Å². The van der Waals surface area contributed by atoms with Gasteiger partial charge in [-0.1, -0.05) is 31.2 Å². The van der Waals surface area contributed by atoms with Gasteiger partial charge in [-0.25, -0.2) is 0 Å². The first-order chi connectivity index (χ1) is 4.22. The van der Waals surface area contributed by atoms with E-state index in [0.717, 1.165) is 6.42 Å². The molecule has 0 saturated carbocycles. The Morgan fingerprint density at radius 2 is 2.33 bits per heavy atom. The smallest absolute Gasteiger partial charge is 0.0543 e. The van der Waals surface area contributed by atoms with Crippen LogP contribution >= 0.6 is 11.6 Å². The van der Waals surface area contributed by atoms with Gasteiger partial charge >= 0.3 is 0 Å². The van der Waals surface area contributed by atoms with Gasteiger partial charge < -0.3 is 0 Å². The van der Waals surface area contributed by atoms with E-state index in [1.165, 1.54) is 5.57 Å². The molecular weight excluding hydrogens is 132 g/mol. The van der Waals surface area contributed by atoms with Crippen molar-refractivity contribution in [2.45, 2.75) is 25.6 Å². The first-order valence-electron chi connectivity index (χ1n) is 3.15. The molecule has 0 amide bonds. The van der Waals surface area contributed by atoms with Gasteiger partial charge in [-0.05, 0) is 13.3 Å². The van der Waals surface area contributed by atoms with E-state index in [0.29, 0.717) is 0 Å². The van der Waals surface area contributed by atoms with Crippen molar-refractivity contribution in [2.24, 2.45) is 0 Å². The summed E-state index contributed by atoms with van der Waals surface area (Å²) in [7, 11) is 0. The highest BCUT2D eigenvalue weighted by molar-refractivity contribution is 6.22. The Bertz CT molecular complexity index is 114. The Balaban J connectivity index is 3.84. The summed E-state index contributed by atoms with van der Waals surface area (Å²) in [6, 6.07) is 0. The third kappa shape index (κ3) is 3.36. The summed E-state index contributed by atoms with van der Waals surface area (Å²) in [5.41, 5.74) is 1.19. The quantitative estimate of drug-likeness (QED) is 0.422. The highest BCUT2D eigenvalue weighted by atomic mass is 35.5. The van der Waals surface area contributed by atoms with Gasteiger partial charge in [-0.2, -0.15) is 0 Å². The van der Waals surface area contributed by atoms with E-state index in [1.807, 2.05) is 13.0 Å². The number of alkyl halides is 1. The molecular formula is C8H13Cl. The van der Waals surface area contributed by atoms with Crippen LogP contribution in [0.15, 0.2) is 24.3 Å². The Morgan fingerprint density at radius 3 is 2.67 bits per heavy atom. The topological polar surface area (TPSA) is 0 Å². The van der Waals surface area contributed by atoms with Crippen molar-refractivity contribution < 1.29 is 0 Å². The lowest BCUT2D eigenvalue weighted by molar-refractivity contribution is 0.914. The fourth-order valence-corrected chi connectivity index (χ4v) is 0.685. The standard InChI is InChI=1S/C8H13Cl/c1-4-6-7(3)8(9)5-2/h4,6,8H,1,5H2,2-3H3/b7-6+. The van der Waals surface area contributed by atoms with Crippen molar-refractivity contribution in [3.05, 3.63) is 24.3 Å². The van der Waals surface area contributed by atoms with E-state index < -0.39 is 0 Å². The van der Waals surface area contributed by atoms with Crippen molar-refractivity contribution >= 4 is 11.6 Å². The molecule has 0 bridgehead atoms. The minimum absolute atomic E-state index is 0.183. The second kappa shape index (κ2) is 4.63. The predicted octanol–water partition coefficient (Wildman–Crippen LogP) is 3.14. The second-order valence-electron chi connectivity index (χ2n) is 2.02. The van der Waals surface area contributed by atoms with Crippen LogP contribution in [0.25, 0.3) is 0 Å². The lowest BCUT2D eigenvalue weighted by Crippen LogP contribution is -1.96. The summed E-state index contributed by atoms with van der Waals surface area (Å²) in [5, 5.41) is 0.183. The number of hydrogen-bond donors (Lipinski definition) is 0. The molecule has 0 radical (unpaired) electrons. The first-order valence-corrected chi connectivity index (χ1v) is 3.59. The summed E-state index contributed by atoms with van der Waals surface area (Å²) < 4.78 is 0. The lowest BCUT2D eigenvalue weighted by atomic mass is 10.1. The van der Waals surface area contributed by atoms with Crippen LogP contribution in [0.1, 0.15) is 20.3 Å². The van der Waals surface area contributed by atoms with Gasteiger partial charge in [0.25, 0.3) is 0 Å². The van der Waals surface area contributed by atoms with Crippen molar-refractivity contribution in [2.75, 3.05) is 0 Å². The Hall–Kier alpha value is -0.230. The van der Waals surface area contributed by atoms with Gasteiger partial charge in [-0.3, -0.25) is 0 Å². The largest absolute Gasteiger partial charge is 0.118 e. The van der Waals surface area contributed by atoms with Crippen LogP contribution in [0.5, 0.6) is 0 Å². The van der Waals surface area contributed by atoms with Crippen LogP contribution in [0, 0.1) is 0 Å². The first kappa shape index (κ1) is 8.77. The van der Waals surface area contributed by atoms with Crippen LogP contribution in [0.3, 0.4) is 0 Å². The van der Waals surface area contributed by atoms with Crippen LogP contribution in [0.4, 0.5) is 0 Å². The molecule has 0 aliphatic carbocycles. The van der Waals surface area contributed by atoms with Crippen LogP contribution in [0.2, 0.25) is 0 Å². The van der Waals surface area contributed by atoms with Crippen molar-refractivity contribution in [1.82, 2.24) is 0 Å². The van der Waals surface area contributed by atoms with E-state index in [9.17, 15) is 0 Å². The minimum atomic E-state index is 0.183. The molecule has 0 nitrogen and oxygen atoms in total. The third-order valence-electron chi connectivity index (χ3n) is 1.23. The van der Waals surface area contributed by atoms with E-state index in [-0.39, 0.29) is 5.38 Å². The zero-order chi connectivity index (χ0) is 7.28. The predicted molar refractivity (Wildman–Crippen MR) is 43.9 cm³/mol. The number of hydrogen-bond acceptors (Lipinski definition) is 0. The number of halogens is 1. The molecule has 0 fully saturated rings. The molecule has 0 aromatic heterocycles. The maximum Gasteiger partial charge on any atom is 0.0543 e. The highest BCUT2D eigenvalue weighted by Gasteiger charge is 2.00. The average Bonchev–Trinajstić information content (AvgIpc) is 1.87. The molecule has 1 atom stereocenters. The fourth-order valence-electron chi connectivity index (χ4n) is 0.612. The maximum atomic E-state index is 5.88. The number of rotatable bonds is 3. The Kier molecular flexibility index (Phi) is 4.51. The van der Waals surface area contributed by atoms with E-state index >= 15 is 0 Å². The number of allylic oxidation sites excluding steroid dienone is 3. The third-order valence-corrected chi connectivity index (χ3v) is 1.89. The molecule has 1 unspecified atom stereocenters. The maximum absolute atomic E-state index is 5.88. The van der Waals surface area contributed by atoms with Gasteiger partial charge in [0.2, 0.25) is 0 Å². The molecule has 0 aromatic rings. The van der Waals surface area contributed by atoms with Gasteiger partial charge in [0.15, 0.2) is 0 Å². The van der Waals surface area contributed by atoms with E-state index in [1.54, 1.807) is 6.08 Å². The molecule has 0 aliphatic heterocycles. The van der Waals surface area contributed by atoms with E-state index in [2.05, 4.69) is 13.5 Å². The molecule has 0 N–H and O–H groups in total. The van der Waals surface area contributed by atoms with Crippen LogP contribution in [-0.4, -0.2) is 5.38 Å². The minimum Gasteiger partial charge on any atom is -0.118 e. The summed E-state index contributed by atoms with van der Waals surface area (Å²) in [5.74, 6) is 0. The summed E-state index contributed by atoms with van der Waals surface area (Å²) in [4.78, 5) is 0. The fraction of sp³-hybridized carbons (Fsp3) is 0.500. The average molecular weight is 145 g/mol. The van der Waals surface area contributed by atoms with Gasteiger partial charge in [0.1, 0.15) is 0 Å². The van der Waals surface area contributed by atoms with Crippen molar-refractivity contribution in [3.63, 3.8) is 0 Å². The normalized spacial score (nSPS) is 15.2. The van der Waals surface area contributed by atoms with E-state index in [4.69, 9.17) is 11.6 Å². The molecule has 52 valence electrons. The van der Waals surface area contributed by atoms with Crippen LogP contribution in [-0.2, 0) is 0 Å². The molecule has 0 saturated heterocycles. The SMILES string of the molecule is C=C/C=C(\C)C(Cl)CC. The molecule has 0 spiro atoms. The van der Waals surface area contributed by atoms with Crippen molar-refractivity contribution in [3.8, 4) is 0 Å². The van der Waals surface area contributed by atoms with Crippen molar-refractivity contribution in [1.29, 1.82) is 0 Å². The zero-order valence-corrected chi connectivity index (χ0v) is 6.78. The molecule has 0 rings (SSSR count). The molecule has 0 aliphatic rings. The zero-order valence-electron chi connectivity index (χ0n) is 6.02. The summed E-state index contributed by atoms with van der Waals surface area (Å²) in [6.07, 6.45) is 4.69. The van der Waals surface area contributed by atoms with Gasteiger partial charge in [0.05, 0.1) is 5.38 Å². The molecule has 0 heterocycles. The summed E-state index contributed by atoms with van der Waals surface area (Å²) >= 11 is 5.88. The van der Waals surface area contributed by atoms with Crippen LogP contribution < -0.4 is 0 Å². The highest BCUT2D eigenvalue weighted by Crippen LogP contribution is 2.11. The Morgan fingerprint density at radius 1 is 1.78 bits per heavy atom. The second-order valence-corrected chi connectivity index (χ2v) is 2.55. The lowest BCUT2D eigenvalue weighted by Gasteiger charge is -2.03. The monoisotopic (exact) mass is 144 g/mol. The van der Waals surface area contributed by atoms with Gasteiger partial charge in [-0.15, -0.1) is 11.6 Å². The molecule has 1 heteroatoms. The molecule has 9 heavy (non-hydrogen) atoms.